The minimum absolute atomic E-state index is 0.00630. The van der Waals surface area contributed by atoms with Gasteiger partial charge in [0.25, 0.3) is 11.8 Å². The lowest BCUT2D eigenvalue weighted by Gasteiger charge is -2.10. The monoisotopic (exact) mass is 882 g/mol. The van der Waals surface area contributed by atoms with Crippen molar-refractivity contribution in [2.24, 2.45) is 5.73 Å². The van der Waals surface area contributed by atoms with Crippen molar-refractivity contribution in [1.82, 2.24) is 34.1 Å². The van der Waals surface area contributed by atoms with Crippen LogP contribution in [0.2, 0.25) is 0 Å². The number of hydrogen-bond donors (Lipinski definition) is 1. The summed E-state index contributed by atoms with van der Waals surface area (Å²) in [6, 6.07) is 55.3. The number of benzene rings is 5. The van der Waals surface area contributed by atoms with E-state index in [9.17, 15) is 9.59 Å². The number of aromatic nitrogens is 6. The van der Waals surface area contributed by atoms with E-state index in [0.717, 1.165) is 74.7 Å². The molecule has 0 aliphatic carbocycles. The molecule has 0 spiro atoms. The molecular weight excluding hydrogens is 833 g/mol. The zero-order valence-electron chi connectivity index (χ0n) is 37.2. The van der Waals surface area contributed by atoms with E-state index in [0.29, 0.717) is 17.9 Å². The highest BCUT2D eigenvalue weighted by Crippen LogP contribution is 2.25. The molecule has 334 valence electrons. The van der Waals surface area contributed by atoms with Crippen molar-refractivity contribution in [2.45, 2.75) is 12.8 Å². The molecule has 14 heteroatoms. The van der Waals surface area contributed by atoms with Gasteiger partial charge in [-0.15, -0.1) is 0 Å². The third-order valence-corrected chi connectivity index (χ3v) is 10.3. The van der Waals surface area contributed by atoms with Gasteiger partial charge in [0.2, 0.25) is 0 Å². The van der Waals surface area contributed by atoms with Gasteiger partial charge < -0.3 is 24.7 Å². The van der Waals surface area contributed by atoms with Crippen molar-refractivity contribution in [1.29, 1.82) is 0 Å². The van der Waals surface area contributed by atoms with Crippen LogP contribution in [0, 0.1) is 0 Å². The maximum Gasteiger partial charge on any atom is 0.263 e. The SMILES string of the molecule is COCN.COCN1C(=O)c2ccccc2C1=O.COc1ccc(-c2cccc3nc(Cc4ccccc4)nn23)cc1.COc1ccc(-c2cccc3nc(Cc4ccccc4)nn23)cc1. The minimum Gasteiger partial charge on any atom is -0.497 e. The lowest BCUT2D eigenvalue weighted by Crippen LogP contribution is -2.31. The van der Waals surface area contributed by atoms with Gasteiger partial charge in [-0.3, -0.25) is 14.5 Å². The summed E-state index contributed by atoms with van der Waals surface area (Å²) in [6.07, 6.45) is 1.45. The Morgan fingerprint density at radius 1 is 0.470 bits per heavy atom. The predicted octanol–water partition coefficient (Wildman–Crippen LogP) is 8.43. The molecule has 0 atom stereocenters. The van der Waals surface area contributed by atoms with Gasteiger partial charge in [0, 0.05) is 38.2 Å². The molecule has 9 aromatic rings. The fourth-order valence-electron chi connectivity index (χ4n) is 7.05. The second kappa shape index (κ2) is 22.5. The molecule has 0 unspecified atom stereocenters. The van der Waals surface area contributed by atoms with Gasteiger partial charge in [-0.1, -0.05) is 84.9 Å². The van der Waals surface area contributed by atoms with Crippen LogP contribution in [0.25, 0.3) is 33.8 Å². The van der Waals surface area contributed by atoms with Gasteiger partial charge in [-0.2, -0.15) is 10.2 Å². The molecule has 0 fully saturated rings. The van der Waals surface area contributed by atoms with E-state index in [2.05, 4.69) is 51.1 Å². The Balaban J connectivity index is 0.000000146. The largest absolute Gasteiger partial charge is 0.497 e. The fraction of sp³-hybridized carbons (Fsp3) is 0.154. The Labute approximate surface area is 382 Å². The molecule has 5 heterocycles. The number of hydrogen-bond acceptors (Lipinski definition) is 11. The molecule has 10 rings (SSSR count). The minimum atomic E-state index is -0.285. The first-order valence-corrected chi connectivity index (χ1v) is 21.0. The topological polar surface area (TPSA) is 161 Å². The Bertz CT molecular complexity index is 2780. The number of rotatable bonds is 11. The third-order valence-electron chi connectivity index (χ3n) is 10.3. The van der Waals surface area contributed by atoms with Gasteiger partial charge >= 0.3 is 0 Å². The number of nitrogens with two attached hydrogens (primary N) is 1. The first-order chi connectivity index (χ1) is 32.3. The molecule has 1 aliphatic heterocycles. The van der Waals surface area contributed by atoms with Crippen molar-refractivity contribution in [3.05, 3.63) is 204 Å². The summed E-state index contributed by atoms with van der Waals surface area (Å²) in [5, 5.41) is 9.40. The number of pyridine rings is 2. The first-order valence-electron chi connectivity index (χ1n) is 21.0. The van der Waals surface area contributed by atoms with Gasteiger partial charge in [0.15, 0.2) is 22.9 Å². The maximum absolute atomic E-state index is 11.6. The van der Waals surface area contributed by atoms with Gasteiger partial charge in [0.1, 0.15) is 18.2 Å². The van der Waals surface area contributed by atoms with Crippen LogP contribution < -0.4 is 15.2 Å². The van der Waals surface area contributed by atoms with Crippen molar-refractivity contribution in [2.75, 3.05) is 41.9 Å². The summed E-state index contributed by atoms with van der Waals surface area (Å²) >= 11 is 0. The number of methoxy groups -OCH3 is 4. The van der Waals surface area contributed by atoms with Crippen molar-refractivity contribution in [3.63, 3.8) is 0 Å². The van der Waals surface area contributed by atoms with Crippen molar-refractivity contribution in [3.8, 4) is 34.0 Å². The molecule has 0 saturated carbocycles. The highest BCUT2D eigenvalue weighted by molar-refractivity contribution is 6.21. The van der Waals surface area contributed by atoms with E-state index >= 15 is 0 Å². The average Bonchev–Trinajstić information content (AvgIpc) is 4.06. The smallest absolute Gasteiger partial charge is 0.263 e. The normalized spacial score (nSPS) is 11.5. The third kappa shape index (κ3) is 11.2. The quantitative estimate of drug-likeness (QED) is 0.0981. The van der Waals surface area contributed by atoms with E-state index in [4.69, 9.17) is 30.1 Å². The Morgan fingerprint density at radius 2 is 0.864 bits per heavy atom. The molecule has 5 aromatic carbocycles. The number of nitrogens with zero attached hydrogens (tertiary/aromatic N) is 7. The Kier molecular flexibility index (Phi) is 15.7. The van der Waals surface area contributed by atoms with E-state index < -0.39 is 0 Å². The Hall–Kier alpha value is -8.04. The molecular formula is C52H50N8O6. The highest BCUT2D eigenvalue weighted by Gasteiger charge is 2.34. The van der Waals surface area contributed by atoms with E-state index in [1.165, 1.54) is 18.2 Å². The number of carbonyl (C=O) groups excluding carboxylic acids is 2. The van der Waals surface area contributed by atoms with Crippen molar-refractivity contribution >= 4 is 23.1 Å². The van der Waals surface area contributed by atoms with E-state index in [1.807, 2.05) is 118 Å². The summed E-state index contributed by atoms with van der Waals surface area (Å²) in [4.78, 5) is 33.6. The molecule has 66 heavy (non-hydrogen) atoms. The standard InChI is InChI=1S/2C20H17N3O.C10H9NO3.C2H7NO/c2*1-24-17-12-10-16(11-13-17)18-8-5-9-20-21-19(22-23(18)20)14-15-6-3-2-4-7-15;1-14-6-11-9(12)7-4-2-3-5-8(7)10(11)13;1-4-2-3/h2*2-13H,14H2,1H3;2-5H,6H2,1H3;2-3H2,1H3. The van der Waals surface area contributed by atoms with Crippen LogP contribution in [-0.4, -0.2) is 87.8 Å². The highest BCUT2D eigenvalue weighted by atomic mass is 16.5. The zero-order chi connectivity index (χ0) is 46.3. The number of fused-ring (bicyclic) bond motifs is 3. The summed E-state index contributed by atoms with van der Waals surface area (Å²) in [5.41, 5.74) is 14.0. The molecule has 2 amide bonds. The van der Waals surface area contributed by atoms with Crippen LogP contribution in [-0.2, 0) is 22.3 Å². The van der Waals surface area contributed by atoms with Gasteiger partial charge in [0.05, 0.1) is 43.5 Å². The molecule has 1 aliphatic rings. The second-order valence-corrected chi connectivity index (χ2v) is 14.7. The zero-order valence-corrected chi connectivity index (χ0v) is 37.2. The van der Waals surface area contributed by atoms with Crippen LogP contribution in [0.3, 0.4) is 0 Å². The number of carbonyl (C=O) groups is 2. The molecule has 0 bridgehead atoms. The fourth-order valence-corrected chi connectivity index (χ4v) is 7.05. The lowest BCUT2D eigenvalue weighted by atomic mass is 10.1. The number of amides is 2. The van der Waals surface area contributed by atoms with Crippen LogP contribution >= 0.6 is 0 Å². The molecule has 4 aromatic heterocycles. The van der Waals surface area contributed by atoms with Gasteiger partial charge in [-0.25, -0.2) is 19.0 Å². The number of ether oxygens (including phenoxy) is 4. The van der Waals surface area contributed by atoms with E-state index in [-0.39, 0.29) is 18.5 Å². The van der Waals surface area contributed by atoms with Crippen LogP contribution in [0.5, 0.6) is 11.5 Å². The van der Waals surface area contributed by atoms with E-state index in [1.54, 1.807) is 45.6 Å². The van der Waals surface area contributed by atoms with Crippen LogP contribution in [0.15, 0.2) is 170 Å². The summed E-state index contributed by atoms with van der Waals surface area (Å²) in [6.45, 7) is 0.326. The summed E-state index contributed by atoms with van der Waals surface area (Å²) < 4.78 is 23.4. The summed E-state index contributed by atoms with van der Waals surface area (Å²) in [7, 11) is 6.34. The predicted molar refractivity (Wildman–Crippen MR) is 253 cm³/mol. The average molecular weight is 883 g/mol. The second-order valence-electron chi connectivity index (χ2n) is 14.7. The van der Waals surface area contributed by atoms with Crippen LogP contribution in [0.1, 0.15) is 43.5 Å². The number of imide groups is 1. The summed E-state index contributed by atoms with van der Waals surface area (Å²) in [5.74, 6) is 2.76. The first kappa shape index (κ1) is 46.0. The lowest BCUT2D eigenvalue weighted by molar-refractivity contribution is 0.0389. The molecule has 2 N–H and O–H groups in total. The molecule has 0 radical (unpaired) electrons. The Morgan fingerprint density at radius 3 is 1.23 bits per heavy atom. The maximum atomic E-state index is 11.6. The molecule has 14 nitrogen and oxygen atoms in total. The molecule has 0 saturated heterocycles. The van der Waals surface area contributed by atoms with Crippen LogP contribution in [0.4, 0.5) is 0 Å². The van der Waals surface area contributed by atoms with Crippen molar-refractivity contribution < 1.29 is 28.5 Å². The van der Waals surface area contributed by atoms with Gasteiger partial charge in [-0.05, 0) is 96.1 Å².